The zero-order valence-corrected chi connectivity index (χ0v) is 46.0. The summed E-state index contributed by atoms with van der Waals surface area (Å²) < 4.78 is 11.4. The molecule has 0 amide bonds. The summed E-state index contributed by atoms with van der Waals surface area (Å²) in [5.74, 6) is 4.01. The van der Waals surface area contributed by atoms with Gasteiger partial charge in [0.05, 0.1) is 11.7 Å². The number of rotatable bonds is 30. The monoisotopic (exact) mass is 917 g/mol. The zero-order valence-electron chi connectivity index (χ0n) is 46.0. The minimum Gasteiger partial charge on any atom is -0.373 e. The number of allylic oxidation sites excluding steroid dienone is 8. The third-order valence-electron chi connectivity index (χ3n) is 14.7. The van der Waals surface area contributed by atoms with Crippen LogP contribution in [0, 0.1) is 35.5 Å². The molecule has 6 nitrogen and oxygen atoms in total. The molecule has 0 bridgehead atoms. The van der Waals surface area contributed by atoms with Gasteiger partial charge in [-0.3, -0.25) is 19.2 Å². The maximum Gasteiger partial charge on any atom is 0.193 e. The van der Waals surface area contributed by atoms with Crippen molar-refractivity contribution in [2.24, 2.45) is 35.5 Å². The summed E-state index contributed by atoms with van der Waals surface area (Å²) in [4.78, 5) is 50.8. The summed E-state index contributed by atoms with van der Waals surface area (Å²) in [6.45, 7) is 33.7. The van der Waals surface area contributed by atoms with Crippen molar-refractivity contribution in [3.63, 3.8) is 0 Å². The van der Waals surface area contributed by atoms with Crippen LogP contribution in [0.4, 0.5) is 0 Å². The minimum absolute atomic E-state index is 0.0494. The molecule has 0 fully saturated rings. The molecule has 0 aromatic rings. The molecule has 0 spiro atoms. The molecule has 66 heavy (non-hydrogen) atoms. The Morgan fingerprint density at radius 2 is 0.788 bits per heavy atom. The van der Waals surface area contributed by atoms with Crippen molar-refractivity contribution in [3.8, 4) is 0 Å². The Kier molecular flexibility index (Phi) is 29.6. The Bertz CT molecular complexity index is 1760. The molecule has 2 aliphatic rings. The SMILES string of the molecule is CC(=CC(=O)C1=C(C)C(=O)C(C)=C(C)C1=O)CCCC(C)CCCC(C)CCCC(C)C.COC1C(C)=C(C)C(OC)C(C(=O)/C=C(\C)CCCC(C)CCCC(C)CCCC(C)C)=C1C. The molecule has 2 rings (SSSR count). The van der Waals surface area contributed by atoms with Gasteiger partial charge in [0, 0.05) is 36.5 Å². The minimum atomic E-state index is -0.329. The van der Waals surface area contributed by atoms with E-state index in [4.69, 9.17) is 9.47 Å². The third-order valence-corrected chi connectivity index (χ3v) is 14.7. The standard InChI is InChI=1S/C31H54O3.C29H46O3/c1-21(2)14-11-15-22(3)16-12-17-23(4)18-13-19-24(5)20-28(32)29-27(8)30(33-9)25(6)26(7)31(29)34-10;1-19(2)12-9-13-20(3)14-10-15-21(4)16-11-17-22(5)18-26(30)27-25(8)28(31)23(6)24(7)29(27)32/h20-23,30-31H,11-19H2,1-10H3;18-21H,9-17H2,1-8H3/b24-20+;. The Morgan fingerprint density at radius 3 is 1.17 bits per heavy atom. The van der Waals surface area contributed by atoms with E-state index in [0.717, 1.165) is 95.1 Å². The molecule has 0 saturated carbocycles. The van der Waals surface area contributed by atoms with Gasteiger partial charge in [0.1, 0.15) is 6.10 Å². The molecule has 0 aromatic heterocycles. The van der Waals surface area contributed by atoms with E-state index >= 15 is 0 Å². The van der Waals surface area contributed by atoms with Gasteiger partial charge in [-0.15, -0.1) is 0 Å². The maximum atomic E-state index is 13.2. The molecule has 2 aliphatic carbocycles. The topological polar surface area (TPSA) is 86.7 Å². The van der Waals surface area contributed by atoms with Crippen molar-refractivity contribution in [2.75, 3.05) is 14.2 Å². The number of ketones is 4. The van der Waals surface area contributed by atoms with Crippen LogP contribution in [0.2, 0.25) is 0 Å². The number of carbonyl (C=O) groups excluding carboxylic acids is 4. The molecule has 6 heteroatoms. The van der Waals surface area contributed by atoms with Crippen LogP contribution in [0.25, 0.3) is 0 Å². The highest BCUT2D eigenvalue weighted by molar-refractivity contribution is 6.37. The number of carbonyl (C=O) groups is 4. The van der Waals surface area contributed by atoms with Gasteiger partial charge >= 0.3 is 0 Å². The zero-order chi connectivity index (χ0) is 50.3. The van der Waals surface area contributed by atoms with Crippen molar-refractivity contribution in [1.82, 2.24) is 0 Å². The Morgan fingerprint density at radius 1 is 0.455 bits per heavy atom. The Hall–Kier alpha value is -2.96. The summed E-state index contributed by atoms with van der Waals surface area (Å²) in [6.07, 6.45) is 25.4. The van der Waals surface area contributed by atoms with Gasteiger partial charge in [0.25, 0.3) is 0 Å². The van der Waals surface area contributed by atoms with E-state index in [1.807, 2.05) is 26.8 Å². The Labute approximate surface area is 406 Å². The molecule has 0 N–H and O–H groups in total. The molecule has 0 radical (unpaired) electrons. The van der Waals surface area contributed by atoms with Crippen LogP contribution in [-0.4, -0.2) is 49.6 Å². The molecule has 0 saturated heterocycles. The number of ether oxygens (including phenoxy) is 2. The van der Waals surface area contributed by atoms with Crippen molar-refractivity contribution in [1.29, 1.82) is 0 Å². The number of hydrogen-bond donors (Lipinski definition) is 0. The van der Waals surface area contributed by atoms with Crippen LogP contribution in [0.5, 0.6) is 0 Å². The summed E-state index contributed by atoms with van der Waals surface area (Å²) in [6, 6.07) is 0. The van der Waals surface area contributed by atoms with E-state index in [1.54, 1.807) is 41.1 Å². The second kappa shape index (κ2) is 32.0. The predicted octanol–water partition coefficient (Wildman–Crippen LogP) is 16.4. The average Bonchev–Trinajstić information content (AvgIpc) is 3.23. The van der Waals surface area contributed by atoms with Crippen LogP contribution in [0.15, 0.2) is 67.9 Å². The summed E-state index contributed by atoms with van der Waals surface area (Å²) in [7, 11) is 3.38. The average molecular weight is 917 g/mol. The van der Waals surface area contributed by atoms with Gasteiger partial charge < -0.3 is 9.47 Å². The second-order valence-electron chi connectivity index (χ2n) is 22.0. The van der Waals surface area contributed by atoms with E-state index in [9.17, 15) is 19.2 Å². The fraction of sp³-hybridized carbons (Fsp3) is 0.733. The number of hydrogen-bond acceptors (Lipinski definition) is 6. The first kappa shape index (κ1) is 61.1. The molecule has 6 atom stereocenters. The van der Waals surface area contributed by atoms with Crippen molar-refractivity contribution < 1.29 is 28.7 Å². The lowest BCUT2D eigenvalue weighted by Crippen LogP contribution is -2.33. The molecule has 6 unspecified atom stereocenters. The molecule has 0 aromatic carbocycles. The van der Waals surface area contributed by atoms with Gasteiger partial charge in [-0.05, 0) is 145 Å². The lowest BCUT2D eigenvalue weighted by atomic mass is 9.81. The van der Waals surface area contributed by atoms with E-state index in [1.165, 1.54) is 83.5 Å². The summed E-state index contributed by atoms with van der Waals surface area (Å²) in [5, 5.41) is 0. The highest BCUT2D eigenvalue weighted by Gasteiger charge is 2.34. The predicted molar refractivity (Wildman–Crippen MR) is 281 cm³/mol. The van der Waals surface area contributed by atoms with E-state index in [0.29, 0.717) is 17.1 Å². The number of Topliss-reactive ketones (excluding diaryl/α,β-unsaturated/α-hetero) is 2. The van der Waals surface area contributed by atoms with Gasteiger partial charge in [0.2, 0.25) is 0 Å². The van der Waals surface area contributed by atoms with Gasteiger partial charge in [-0.25, -0.2) is 0 Å². The van der Waals surface area contributed by atoms with Crippen LogP contribution in [0.1, 0.15) is 226 Å². The first-order chi connectivity index (χ1) is 31.0. The van der Waals surface area contributed by atoms with Gasteiger partial charge in [-0.1, -0.05) is 156 Å². The molecule has 0 heterocycles. The van der Waals surface area contributed by atoms with Crippen molar-refractivity contribution in [3.05, 3.63) is 67.9 Å². The highest BCUT2D eigenvalue weighted by atomic mass is 16.5. The Balaban J connectivity index is 0.000000661. The van der Waals surface area contributed by atoms with E-state index < -0.39 is 0 Å². The molecule has 0 aliphatic heterocycles. The third kappa shape index (κ3) is 21.6. The van der Waals surface area contributed by atoms with Crippen LogP contribution in [0.3, 0.4) is 0 Å². The second-order valence-corrected chi connectivity index (χ2v) is 22.0. The highest BCUT2D eigenvalue weighted by Crippen LogP contribution is 2.35. The normalized spacial score (nSPS) is 19.5. The van der Waals surface area contributed by atoms with Crippen LogP contribution in [-0.2, 0) is 28.7 Å². The van der Waals surface area contributed by atoms with Gasteiger partial charge in [0.15, 0.2) is 23.1 Å². The first-order valence-corrected chi connectivity index (χ1v) is 26.3. The van der Waals surface area contributed by atoms with Crippen molar-refractivity contribution in [2.45, 2.75) is 239 Å². The summed E-state index contributed by atoms with van der Waals surface area (Å²) >= 11 is 0. The molecular weight excluding hydrogens is 817 g/mol. The number of methoxy groups -OCH3 is 2. The first-order valence-electron chi connectivity index (χ1n) is 26.3. The molecule has 376 valence electrons. The van der Waals surface area contributed by atoms with Crippen molar-refractivity contribution >= 4 is 23.1 Å². The maximum absolute atomic E-state index is 13.2. The molecular formula is C60H100O6. The van der Waals surface area contributed by atoms with Crippen LogP contribution < -0.4 is 0 Å². The fourth-order valence-electron chi connectivity index (χ4n) is 9.82. The lowest BCUT2D eigenvalue weighted by Gasteiger charge is -2.32. The van der Waals surface area contributed by atoms with E-state index in [2.05, 4.69) is 69.2 Å². The van der Waals surface area contributed by atoms with Gasteiger partial charge in [-0.2, -0.15) is 0 Å². The van der Waals surface area contributed by atoms with Crippen LogP contribution >= 0.6 is 0 Å². The lowest BCUT2D eigenvalue weighted by molar-refractivity contribution is -0.120. The quantitative estimate of drug-likeness (QED) is 0.0309. The smallest absolute Gasteiger partial charge is 0.193 e. The van der Waals surface area contributed by atoms with E-state index in [-0.39, 0.29) is 46.5 Å². The fourth-order valence-corrected chi connectivity index (χ4v) is 9.82. The largest absolute Gasteiger partial charge is 0.373 e. The summed E-state index contributed by atoms with van der Waals surface area (Å²) in [5.41, 5.74) is 7.23.